The normalized spacial score (nSPS) is 21.2. The van der Waals surface area contributed by atoms with Crippen LogP contribution < -0.4 is 10.5 Å². The van der Waals surface area contributed by atoms with Crippen LogP contribution >= 0.6 is 11.6 Å². The van der Waals surface area contributed by atoms with Crippen LogP contribution in [-0.4, -0.2) is 23.3 Å². The Morgan fingerprint density at radius 1 is 1.45 bits per heavy atom. The molecule has 0 amide bonds. The van der Waals surface area contributed by atoms with Gasteiger partial charge >= 0.3 is 0 Å². The summed E-state index contributed by atoms with van der Waals surface area (Å²) in [7, 11) is 0. The number of hydrogen-bond acceptors (Lipinski definition) is 6. The molecule has 22 heavy (non-hydrogen) atoms. The van der Waals surface area contributed by atoms with Gasteiger partial charge < -0.3 is 19.7 Å². The molecule has 0 aliphatic carbocycles. The fraction of sp³-hybridized carbons (Fsp3) is 0.429. The predicted octanol–water partition coefficient (Wildman–Crippen LogP) is 2.48. The Hall–Kier alpha value is -1.70. The van der Waals surface area contributed by atoms with Crippen LogP contribution in [0, 0.1) is 11.7 Å². The van der Waals surface area contributed by atoms with Crippen LogP contribution in [0.4, 0.5) is 4.39 Å². The number of hydrogen-bond donors (Lipinski definition) is 1. The van der Waals surface area contributed by atoms with E-state index < -0.39 is 5.82 Å². The average molecular weight is 328 g/mol. The molecule has 1 aromatic carbocycles. The highest BCUT2D eigenvalue weighted by molar-refractivity contribution is 6.30. The van der Waals surface area contributed by atoms with Crippen molar-refractivity contribution in [2.24, 2.45) is 11.7 Å². The lowest BCUT2D eigenvalue weighted by molar-refractivity contribution is 0.0642. The molecule has 2 heterocycles. The highest BCUT2D eigenvalue weighted by Gasteiger charge is 2.33. The molecule has 3 rings (SSSR count). The molecule has 118 valence electrons. The molecule has 8 heteroatoms. The number of aromatic nitrogens is 2. The highest BCUT2D eigenvalue weighted by atomic mass is 35.5. The molecular weight excluding hydrogens is 313 g/mol. The largest absolute Gasteiger partial charge is 0.485 e. The summed E-state index contributed by atoms with van der Waals surface area (Å²) in [5, 5.41) is 3.87. The molecule has 0 unspecified atom stereocenters. The molecule has 2 N–H and O–H groups in total. The number of ether oxygens (including phenoxy) is 2. The van der Waals surface area contributed by atoms with Gasteiger partial charge in [0.15, 0.2) is 6.61 Å². The predicted molar refractivity (Wildman–Crippen MR) is 75.9 cm³/mol. The van der Waals surface area contributed by atoms with Gasteiger partial charge in [-0.2, -0.15) is 4.98 Å². The van der Waals surface area contributed by atoms with Crippen molar-refractivity contribution < 1.29 is 18.4 Å². The Labute approximate surface area is 131 Å². The van der Waals surface area contributed by atoms with E-state index in [0.29, 0.717) is 30.6 Å². The second-order valence-electron chi connectivity index (χ2n) is 4.99. The minimum absolute atomic E-state index is 0.0420. The van der Waals surface area contributed by atoms with Gasteiger partial charge in [-0.1, -0.05) is 16.8 Å². The van der Waals surface area contributed by atoms with Gasteiger partial charge in [0.05, 0.1) is 5.02 Å². The van der Waals surface area contributed by atoms with E-state index in [-0.39, 0.29) is 23.7 Å². The van der Waals surface area contributed by atoms with Crippen LogP contribution in [0.5, 0.6) is 5.75 Å². The third-order valence-electron chi connectivity index (χ3n) is 3.50. The first kappa shape index (κ1) is 15.2. The van der Waals surface area contributed by atoms with Gasteiger partial charge in [0.1, 0.15) is 17.7 Å². The van der Waals surface area contributed by atoms with Crippen molar-refractivity contribution in [2.75, 3.05) is 13.2 Å². The van der Waals surface area contributed by atoms with Crippen LogP contribution in [0.2, 0.25) is 5.02 Å². The second kappa shape index (κ2) is 6.60. The maximum atomic E-state index is 13.3. The van der Waals surface area contributed by atoms with Crippen molar-refractivity contribution in [2.45, 2.75) is 19.1 Å². The molecule has 1 aliphatic rings. The number of halogens is 2. The highest BCUT2D eigenvalue weighted by Crippen LogP contribution is 2.32. The lowest BCUT2D eigenvalue weighted by Gasteiger charge is -2.11. The molecule has 0 spiro atoms. The molecular formula is C14H15ClFN3O3. The zero-order valence-corrected chi connectivity index (χ0v) is 12.4. The van der Waals surface area contributed by atoms with E-state index in [1.165, 1.54) is 12.1 Å². The number of benzene rings is 1. The average Bonchev–Trinajstić information content (AvgIpc) is 3.16. The third kappa shape index (κ3) is 3.21. The number of nitrogens with zero attached hydrogens (tertiary/aromatic N) is 2. The van der Waals surface area contributed by atoms with Crippen molar-refractivity contribution in [3.05, 3.63) is 40.8 Å². The van der Waals surface area contributed by atoms with E-state index >= 15 is 0 Å². The van der Waals surface area contributed by atoms with Crippen LogP contribution in [-0.2, 0) is 11.3 Å². The van der Waals surface area contributed by atoms with E-state index in [9.17, 15) is 4.39 Å². The van der Waals surface area contributed by atoms with Crippen LogP contribution in [0.25, 0.3) is 0 Å². The lowest BCUT2D eigenvalue weighted by Crippen LogP contribution is -2.18. The molecule has 0 radical (unpaired) electrons. The fourth-order valence-corrected chi connectivity index (χ4v) is 2.42. The smallest absolute Gasteiger partial charge is 0.256 e. The monoisotopic (exact) mass is 327 g/mol. The molecule has 1 aliphatic heterocycles. The minimum Gasteiger partial charge on any atom is -0.485 e. The summed E-state index contributed by atoms with van der Waals surface area (Å²) in [6.07, 6.45) is 0.610. The Bertz CT molecular complexity index is 652. The Kier molecular flexibility index (Phi) is 4.56. The lowest BCUT2D eigenvalue weighted by atomic mass is 10.0. The minimum atomic E-state index is -0.543. The summed E-state index contributed by atoms with van der Waals surface area (Å²) in [5.41, 5.74) is 5.69. The standard InChI is InChI=1S/C14H15ClFN3O3/c15-10-2-1-9(5-11(10)16)21-7-12-18-14(22-19-12)13-8(6-17)3-4-20-13/h1-2,5,8,13H,3-4,6-7,17H2/t8-,13-/m0/s1. The Balaban J connectivity index is 1.63. The summed E-state index contributed by atoms with van der Waals surface area (Å²) in [4.78, 5) is 4.24. The first-order chi connectivity index (χ1) is 10.7. The van der Waals surface area contributed by atoms with E-state index in [4.69, 9.17) is 31.3 Å². The van der Waals surface area contributed by atoms with E-state index in [2.05, 4.69) is 10.1 Å². The molecule has 2 atom stereocenters. The van der Waals surface area contributed by atoms with Crippen molar-refractivity contribution in [3.63, 3.8) is 0 Å². The van der Waals surface area contributed by atoms with Gasteiger partial charge in [-0.15, -0.1) is 0 Å². The Morgan fingerprint density at radius 2 is 2.32 bits per heavy atom. The quantitative estimate of drug-likeness (QED) is 0.908. The van der Waals surface area contributed by atoms with Gasteiger partial charge in [0, 0.05) is 18.6 Å². The fourth-order valence-electron chi connectivity index (χ4n) is 2.30. The Morgan fingerprint density at radius 3 is 3.09 bits per heavy atom. The molecule has 2 aromatic rings. The van der Waals surface area contributed by atoms with Crippen molar-refractivity contribution in [1.29, 1.82) is 0 Å². The SMILES string of the molecule is NC[C@@H]1CCO[C@@H]1c1nc(COc2ccc(Cl)c(F)c2)no1. The van der Waals surface area contributed by atoms with Crippen LogP contribution in [0.15, 0.2) is 22.7 Å². The van der Waals surface area contributed by atoms with Crippen LogP contribution in [0.3, 0.4) is 0 Å². The summed E-state index contributed by atoms with van der Waals surface area (Å²) >= 11 is 5.61. The topological polar surface area (TPSA) is 83.4 Å². The summed E-state index contributed by atoms with van der Waals surface area (Å²) in [6.45, 7) is 1.19. The molecule has 6 nitrogen and oxygen atoms in total. The molecule has 0 bridgehead atoms. The second-order valence-corrected chi connectivity index (χ2v) is 5.40. The van der Waals surface area contributed by atoms with Gasteiger partial charge in [0.2, 0.25) is 5.82 Å². The van der Waals surface area contributed by atoms with Crippen molar-refractivity contribution in [1.82, 2.24) is 10.1 Å². The maximum absolute atomic E-state index is 13.3. The zero-order chi connectivity index (χ0) is 15.5. The molecule has 1 saturated heterocycles. The van der Waals surface area contributed by atoms with E-state index in [1.54, 1.807) is 6.07 Å². The van der Waals surface area contributed by atoms with E-state index in [1.807, 2.05) is 0 Å². The zero-order valence-electron chi connectivity index (χ0n) is 11.7. The number of rotatable bonds is 5. The first-order valence-corrected chi connectivity index (χ1v) is 7.27. The first-order valence-electron chi connectivity index (χ1n) is 6.89. The molecule has 1 fully saturated rings. The molecule has 0 saturated carbocycles. The summed E-state index contributed by atoms with van der Waals surface area (Å²) < 4.78 is 29.5. The van der Waals surface area contributed by atoms with Gasteiger partial charge in [0.25, 0.3) is 5.89 Å². The summed E-state index contributed by atoms with van der Waals surface area (Å²) in [5.74, 6) is 0.730. The van der Waals surface area contributed by atoms with Gasteiger partial charge in [-0.3, -0.25) is 0 Å². The van der Waals surface area contributed by atoms with Crippen molar-refractivity contribution in [3.8, 4) is 5.75 Å². The third-order valence-corrected chi connectivity index (χ3v) is 3.81. The van der Waals surface area contributed by atoms with Crippen LogP contribution in [0.1, 0.15) is 24.2 Å². The maximum Gasteiger partial charge on any atom is 0.256 e. The van der Waals surface area contributed by atoms with E-state index in [0.717, 1.165) is 6.42 Å². The molecule has 1 aromatic heterocycles. The van der Waals surface area contributed by atoms with Gasteiger partial charge in [-0.25, -0.2) is 4.39 Å². The summed E-state index contributed by atoms with van der Waals surface area (Å²) in [6, 6.07) is 4.19. The van der Waals surface area contributed by atoms with Crippen molar-refractivity contribution >= 4 is 11.6 Å². The van der Waals surface area contributed by atoms with Gasteiger partial charge in [-0.05, 0) is 25.1 Å². The number of nitrogens with two attached hydrogens (primary N) is 1.